The Bertz CT molecular complexity index is 334. The lowest BCUT2D eigenvalue weighted by atomic mass is 9.92. The maximum absolute atomic E-state index is 12.8. The number of phenols is 1. The van der Waals surface area contributed by atoms with E-state index in [1.807, 2.05) is 0 Å². The second-order valence-corrected chi connectivity index (χ2v) is 4.19. The van der Waals surface area contributed by atoms with Gasteiger partial charge in [0.05, 0.1) is 0 Å². The van der Waals surface area contributed by atoms with Gasteiger partial charge in [0.2, 0.25) is 0 Å². The van der Waals surface area contributed by atoms with Gasteiger partial charge in [0, 0.05) is 6.07 Å². The summed E-state index contributed by atoms with van der Waals surface area (Å²) in [5.74, 6) is 0.272. The molecule has 1 aromatic carbocycles. The Kier molecular flexibility index (Phi) is 3.21. The molecule has 15 heavy (non-hydrogen) atoms. The normalized spacial score (nSPS) is 21.5. The smallest absolute Gasteiger partial charge is 0.126 e. The van der Waals surface area contributed by atoms with Crippen molar-refractivity contribution in [3.05, 3.63) is 29.6 Å². The summed E-state index contributed by atoms with van der Waals surface area (Å²) in [5.41, 5.74) is 0.852. The molecule has 2 rings (SSSR count). The fourth-order valence-electron chi connectivity index (χ4n) is 2.12. The number of rotatable bonds is 2. The Morgan fingerprint density at radius 2 is 2.33 bits per heavy atom. The van der Waals surface area contributed by atoms with Crippen LogP contribution in [0.15, 0.2) is 18.2 Å². The molecule has 0 bridgehead atoms. The van der Waals surface area contributed by atoms with E-state index in [9.17, 15) is 9.50 Å². The molecule has 1 unspecified atom stereocenters. The summed E-state index contributed by atoms with van der Waals surface area (Å²) < 4.78 is 12.8. The molecule has 2 nitrogen and oxygen atoms in total. The van der Waals surface area contributed by atoms with Crippen LogP contribution >= 0.6 is 0 Å². The molecule has 3 heteroatoms. The van der Waals surface area contributed by atoms with E-state index in [2.05, 4.69) is 5.32 Å². The minimum absolute atomic E-state index is 0.0839. The monoisotopic (exact) mass is 209 g/mol. The van der Waals surface area contributed by atoms with Crippen LogP contribution in [0.3, 0.4) is 0 Å². The predicted molar refractivity (Wildman–Crippen MR) is 57.4 cm³/mol. The van der Waals surface area contributed by atoms with Gasteiger partial charge in [0.1, 0.15) is 11.6 Å². The minimum atomic E-state index is -0.377. The Morgan fingerprint density at radius 1 is 1.47 bits per heavy atom. The molecule has 1 atom stereocenters. The number of halogens is 1. The molecule has 82 valence electrons. The van der Waals surface area contributed by atoms with E-state index < -0.39 is 0 Å². The van der Waals surface area contributed by atoms with Gasteiger partial charge in [-0.2, -0.15) is 0 Å². The van der Waals surface area contributed by atoms with E-state index in [1.54, 1.807) is 6.07 Å². The summed E-state index contributed by atoms with van der Waals surface area (Å²) in [4.78, 5) is 0. The largest absolute Gasteiger partial charge is 0.508 e. The van der Waals surface area contributed by atoms with Crippen LogP contribution in [0.4, 0.5) is 4.39 Å². The number of aromatic hydroxyl groups is 1. The summed E-state index contributed by atoms with van der Waals surface area (Å²) in [7, 11) is 0. The molecule has 0 amide bonds. The highest BCUT2D eigenvalue weighted by Crippen LogP contribution is 2.23. The molecule has 0 aliphatic carbocycles. The Hall–Kier alpha value is -1.09. The molecule has 0 aromatic heterocycles. The van der Waals surface area contributed by atoms with Crippen molar-refractivity contribution in [2.24, 2.45) is 5.92 Å². The minimum Gasteiger partial charge on any atom is -0.508 e. The first-order chi connectivity index (χ1) is 7.25. The van der Waals surface area contributed by atoms with Crippen molar-refractivity contribution in [3.63, 3.8) is 0 Å². The van der Waals surface area contributed by atoms with E-state index in [4.69, 9.17) is 0 Å². The van der Waals surface area contributed by atoms with Crippen molar-refractivity contribution in [1.29, 1.82) is 0 Å². The summed E-state index contributed by atoms with van der Waals surface area (Å²) in [6.45, 7) is 2.09. The molecular weight excluding hydrogens is 193 g/mol. The number of phenolic OH excluding ortho intramolecular Hbond substituents is 1. The highest BCUT2D eigenvalue weighted by molar-refractivity contribution is 5.32. The van der Waals surface area contributed by atoms with E-state index in [0.29, 0.717) is 5.92 Å². The molecule has 0 saturated carbocycles. The Balaban J connectivity index is 2.03. The van der Waals surface area contributed by atoms with Gasteiger partial charge in [-0.25, -0.2) is 4.39 Å². The van der Waals surface area contributed by atoms with Gasteiger partial charge < -0.3 is 10.4 Å². The third-order valence-electron chi connectivity index (χ3n) is 2.95. The molecule has 0 radical (unpaired) electrons. The van der Waals surface area contributed by atoms with Gasteiger partial charge >= 0.3 is 0 Å². The van der Waals surface area contributed by atoms with Crippen molar-refractivity contribution in [2.75, 3.05) is 13.1 Å². The lowest BCUT2D eigenvalue weighted by Gasteiger charge is -2.22. The number of benzene rings is 1. The van der Waals surface area contributed by atoms with Gasteiger partial charge in [0.25, 0.3) is 0 Å². The predicted octanol–water partition coefficient (Wildman–Crippen LogP) is 2.07. The first-order valence-corrected chi connectivity index (χ1v) is 5.44. The zero-order valence-electron chi connectivity index (χ0n) is 8.67. The van der Waals surface area contributed by atoms with Crippen LogP contribution in [0.2, 0.25) is 0 Å². The molecule has 1 saturated heterocycles. The van der Waals surface area contributed by atoms with Crippen molar-refractivity contribution in [3.8, 4) is 5.75 Å². The second kappa shape index (κ2) is 4.62. The van der Waals surface area contributed by atoms with Gasteiger partial charge in [-0.05, 0) is 49.9 Å². The topological polar surface area (TPSA) is 32.3 Å². The SMILES string of the molecule is Oc1cc(F)ccc1CC1CCCNC1. The number of hydrogen-bond acceptors (Lipinski definition) is 2. The standard InChI is InChI=1S/C12H16FNO/c13-11-4-3-10(12(15)7-11)6-9-2-1-5-14-8-9/h3-4,7,9,14-15H,1-2,5-6,8H2. The zero-order chi connectivity index (χ0) is 10.7. The van der Waals surface area contributed by atoms with E-state index in [0.717, 1.165) is 25.1 Å². The lowest BCUT2D eigenvalue weighted by Crippen LogP contribution is -2.30. The summed E-state index contributed by atoms with van der Waals surface area (Å²) >= 11 is 0. The highest BCUT2D eigenvalue weighted by Gasteiger charge is 2.15. The maximum Gasteiger partial charge on any atom is 0.126 e. The molecule has 1 aliphatic heterocycles. The van der Waals surface area contributed by atoms with Gasteiger partial charge in [-0.1, -0.05) is 6.07 Å². The molecule has 1 heterocycles. The van der Waals surface area contributed by atoms with Crippen LogP contribution < -0.4 is 5.32 Å². The first kappa shape index (κ1) is 10.4. The maximum atomic E-state index is 12.8. The lowest BCUT2D eigenvalue weighted by molar-refractivity contribution is 0.369. The third kappa shape index (κ3) is 2.69. The van der Waals surface area contributed by atoms with Crippen LogP contribution in [-0.4, -0.2) is 18.2 Å². The van der Waals surface area contributed by atoms with E-state index in [-0.39, 0.29) is 11.6 Å². The van der Waals surface area contributed by atoms with Crippen LogP contribution in [-0.2, 0) is 6.42 Å². The van der Waals surface area contributed by atoms with E-state index >= 15 is 0 Å². The summed E-state index contributed by atoms with van der Waals surface area (Å²) in [6.07, 6.45) is 3.20. The Morgan fingerprint density at radius 3 is 3.00 bits per heavy atom. The molecule has 0 spiro atoms. The van der Waals surface area contributed by atoms with Crippen LogP contribution in [0.5, 0.6) is 5.75 Å². The van der Waals surface area contributed by atoms with Gasteiger partial charge in [-0.3, -0.25) is 0 Å². The number of nitrogens with one attached hydrogen (secondary N) is 1. The fraction of sp³-hybridized carbons (Fsp3) is 0.500. The van der Waals surface area contributed by atoms with Crippen molar-refractivity contribution < 1.29 is 9.50 Å². The summed E-state index contributed by atoms with van der Waals surface area (Å²) in [6, 6.07) is 4.27. The Labute approximate surface area is 89.1 Å². The molecule has 2 N–H and O–H groups in total. The van der Waals surface area contributed by atoms with Gasteiger partial charge in [-0.15, -0.1) is 0 Å². The first-order valence-electron chi connectivity index (χ1n) is 5.44. The molecule has 1 aromatic rings. The average molecular weight is 209 g/mol. The average Bonchev–Trinajstić information content (AvgIpc) is 2.24. The zero-order valence-corrected chi connectivity index (χ0v) is 8.67. The van der Waals surface area contributed by atoms with E-state index in [1.165, 1.54) is 25.0 Å². The van der Waals surface area contributed by atoms with Crippen molar-refractivity contribution >= 4 is 0 Å². The number of hydrogen-bond donors (Lipinski definition) is 2. The van der Waals surface area contributed by atoms with Crippen LogP contribution in [0.1, 0.15) is 18.4 Å². The number of piperidine rings is 1. The third-order valence-corrected chi connectivity index (χ3v) is 2.95. The summed E-state index contributed by atoms with van der Waals surface area (Å²) in [5, 5.41) is 12.9. The quantitative estimate of drug-likeness (QED) is 0.781. The fourth-order valence-corrected chi connectivity index (χ4v) is 2.12. The van der Waals surface area contributed by atoms with Crippen LogP contribution in [0, 0.1) is 11.7 Å². The molecule has 1 fully saturated rings. The van der Waals surface area contributed by atoms with Crippen molar-refractivity contribution in [2.45, 2.75) is 19.3 Å². The molecule has 1 aliphatic rings. The second-order valence-electron chi connectivity index (χ2n) is 4.19. The highest BCUT2D eigenvalue weighted by atomic mass is 19.1. The van der Waals surface area contributed by atoms with Crippen LogP contribution in [0.25, 0.3) is 0 Å². The van der Waals surface area contributed by atoms with Crippen molar-refractivity contribution in [1.82, 2.24) is 5.32 Å². The molecular formula is C12H16FNO. The van der Waals surface area contributed by atoms with Gasteiger partial charge in [0.15, 0.2) is 0 Å².